The second kappa shape index (κ2) is 4.78. The van der Waals surface area contributed by atoms with Gasteiger partial charge in [0, 0.05) is 16.6 Å². The normalized spacial score (nSPS) is 16.8. The minimum atomic E-state index is -0.481. The highest BCUT2D eigenvalue weighted by Crippen LogP contribution is 2.28. The first kappa shape index (κ1) is 12.4. The van der Waals surface area contributed by atoms with Crippen LogP contribution in [0.3, 0.4) is 0 Å². The fourth-order valence-electron chi connectivity index (χ4n) is 2.33. The van der Waals surface area contributed by atoms with Crippen molar-refractivity contribution in [2.45, 2.75) is 12.5 Å². The number of hydrogen-bond donors (Lipinski definition) is 1. The Kier molecular flexibility index (Phi) is 3.11. The van der Waals surface area contributed by atoms with Crippen molar-refractivity contribution in [1.82, 2.24) is 0 Å². The lowest BCUT2D eigenvalue weighted by Gasteiger charge is -2.11. The first-order chi connectivity index (χ1) is 9.15. The van der Waals surface area contributed by atoms with Crippen LogP contribution >= 0.6 is 15.9 Å². The molecular formula is C15H11BrFNO. The van der Waals surface area contributed by atoms with Crippen LogP contribution in [0.1, 0.15) is 15.9 Å². The molecule has 4 heteroatoms. The van der Waals surface area contributed by atoms with Gasteiger partial charge in [0.2, 0.25) is 0 Å². The number of carbonyl (C=O) groups is 1. The summed E-state index contributed by atoms with van der Waals surface area (Å²) in [5.41, 5.74) is 2.17. The number of carbonyl (C=O) groups excluding carboxylic acids is 1. The quantitative estimate of drug-likeness (QED) is 0.853. The van der Waals surface area contributed by atoms with Crippen molar-refractivity contribution in [2.75, 3.05) is 5.32 Å². The topological polar surface area (TPSA) is 29.1 Å². The zero-order chi connectivity index (χ0) is 13.4. The largest absolute Gasteiger partial charge is 0.374 e. The Hall–Kier alpha value is -1.68. The van der Waals surface area contributed by atoms with Gasteiger partial charge in [-0.25, -0.2) is 4.39 Å². The van der Waals surface area contributed by atoms with Gasteiger partial charge in [0.25, 0.3) is 0 Å². The number of fused-ring (bicyclic) bond motifs is 1. The third kappa shape index (κ3) is 2.28. The Labute approximate surface area is 118 Å². The molecule has 1 atom stereocenters. The van der Waals surface area contributed by atoms with Crippen molar-refractivity contribution in [1.29, 1.82) is 0 Å². The summed E-state index contributed by atoms with van der Waals surface area (Å²) in [5, 5.41) is 3.15. The van der Waals surface area contributed by atoms with Crippen molar-refractivity contribution in [3.05, 3.63) is 63.9 Å². The number of halogens is 2. The van der Waals surface area contributed by atoms with Gasteiger partial charge in [0.15, 0.2) is 5.78 Å². The van der Waals surface area contributed by atoms with Crippen molar-refractivity contribution in [2.24, 2.45) is 0 Å². The number of ketones is 1. The van der Waals surface area contributed by atoms with Crippen molar-refractivity contribution in [3.63, 3.8) is 0 Å². The molecule has 1 unspecified atom stereocenters. The molecular weight excluding hydrogens is 309 g/mol. The van der Waals surface area contributed by atoms with Gasteiger partial charge in [0.1, 0.15) is 5.82 Å². The summed E-state index contributed by atoms with van der Waals surface area (Å²) in [7, 11) is 0. The van der Waals surface area contributed by atoms with Crippen LogP contribution in [0, 0.1) is 5.82 Å². The number of para-hydroxylation sites is 1. The van der Waals surface area contributed by atoms with Crippen LogP contribution in [-0.4, -0.2) is 11.8 Å². The summed E-state index contributed by atoms with van der Waals surface area (Å²) in [6.07, 6.45) is 0.598. The SMILES string of the molecule is O=C(c1cc(Br)ccc1F)C1Cc2ccccc2N1. The van der Waals surface area contributed by atoms with Gasteiger partial charge < -0.3 is 5.32 Å². The van der Waals surface area contributed by atoms with E-state index < -0.39 is 5.82 Å². The van der Waals surface area contributed by atoms with E-state index in [-0.39, 0.29) is 17.4 Å². The Morgan fingerprint density at radius 1 is 1.26 bits per heavy atom. The Morgan fingerprint density at radius 2 is 2.05 bits per heavy atom. The number of anilines is 1. The molecule has 2 nitrogen and oxygen atoms in total. The van der Waals surface area contributed by atoms with Crippen molar-refractivity contribution >= 4 is 27.4 Å². The van der Waals surface area contributed by atoms with E-state index in [0.717, 1.165) is 11.3 Å². The van der Waals surface area contributed by atoms with Gasteiger partial charge in [-0.05, 0) is 29.8 Å². The molecule has 2 aromatic carbocycles. The van der Waals surface area contributed by atoms with Crippen molar-refractivity contribution in [3.8, 4) is 0 Å². The van der Waals surface area contributed by atoms with Crippen LogP contribution in [0.5, 0.6) is 0 Å². The van der Waals surface area contributed by atoms with Gasteiger partial charge >= 0.3 is 0 Å². The highest BCUT2D eigenvalue weighted by Gasteiger charge is 2.28. The van der Waals surface area contributed by atoms with E-state index in [1.165, 1.54) is 12.1 Å². The van der Waals surface area contributed by atoms with Gasteiger partial charge in [-0.3, -0.25) is 4.79 Å². The third-order valence-electron chi connectivity index (χ3n) is 3.28. The summed E-state index contributed by atoms with van der Waals surface area (Å²) >= 11 is 3.26. The molecule has 0 amide bonds. The molecule has 0 fully saturated rings. The summed E-state index contributed by atoms with van der Waals surface area (Å²) in [4.78, 5) is 12.4. The van der Waals surface area contributed by atoms with Crippen LogP contribution in [0.25, 0.3) is 0 Å². The molecule has 1 N–H and O–H groups in total. The number of hydrogen-bond acceptors (Lipinski definition) is 2. The highest BCUT2D eigenvalue weighted by atomic mass is 79.9. The molecule has 0 saturated carbocycles. The smallest absolute Gasteiger partial charge is 0.188 e. The first-order valence-corrected chi connectivity index (χ1v) is 6.78. The fourth-order valence-corrected chi connectivity index (χ4v) is 2.69. The maximum atomic E-state index is 13.7. The predicted molar refractivity (Wildman–Crippen MR) is 76.0 cm³/mol. The Morgan fingerprint density at radius 3 is 2.84 bits per heavy atom. The van der Waals surface area contributed by atoms with Crippen LogP contribution in [-0.2, 0) is 6.42 Å². The van der Waals surface area contributed by atoms with E-state index in [2.05, 4.69) is 21.2 Å². The summed E-state index contributed by atoms with van der Waals surface area (Å²) < 4.78 is 14.4. The Balaban J connectivity index is 1.89. The van der Waals surface area contributed by atoms with Gasteiger partial charge in [-0.2, -0.15) is 0 Å². The lowest BCUT2D eigenvalue weighted by Crippen LogP contribution is -2.27. The van der Waals surface area contributed by atoms with Gasteiger partial charge in [0.05, 0.1) is 11.6 Å². The van der Waals surface area contributed by atoms with Crippen LogP contribution in [0.2, 0.25) is 0 Å². The fraction of sp³-hybridized carbons (Fsp3) is 0.133. The van der Waals surface area contributed by atoms with Gasteiger partial charge in [-0.15, -0.1) is 0 Å². The molecule has 2 aromatic rings. The van der Waals surface area contributed by atoms with E-state index in [1.807, 2.05) is 24.3 Å². The molecule has 0 bridgehead atoms. The lowest BCUT2D eigenvalue weighted by molar-refractivity contribution is 0.0967. The average Bonchev–Trinajstić information content (AvgIpc) is 2.84. The maximum absolute atomic E-state index is 13.7. The second-order valence-electron chi connectivity index (χ2n) is 4.55. The van der Waals surface area contributed by atoms with E-state index >= 15 is 0 Å². The third-order valence-corrected chi connectivity index (χ3v) is 3.77. The standard InChI is InChI=1S/C15H11BrFNO/c16-10-5-6-12(17)11(8-10)15(19)14-7-9-3-1-2-4-13(9)18-14/h1-6,8,14,18H,7H2. The zero-order valence-electron chi connectivity index (χ0n) is 9.99. The Bertz CT molecular complexity index is 631. The molecule has 0 radical (unpaired) electrons. The second-order valence-corrected chi connectivity index (χ2v) is 5.46. The van der Waals surface area contributed by atoms with Crippen LogP contribution < -0.4 is 5.32 Å². The van der Waals surface area contributed by atoms with Crippen LogP contribution in [0.4, 0.5) is 10.1 Å². The van der Waals surface area contributed by atoms with E-state index in [1.54, 1.807) is 6.07 Å². The first-order valence-electron chi connectivity index (χ1n) is 5.99. The number of nitrogens with one attached hydrogen (secondary N) is 1. The van der Waals surface area contributed by atoms with Gasteiger partial charge in [-0.1, -0.05) is 34.1 Å². The minimum absolute atomic E-state index is 0.125. The maximum Gasteiger partial charge on any atom is 0.188 e. The van der Waals surface area contributed by atoms with Crippen molar-refractivity contribution < 1.29 is 9.18 Å². The number of rotatable bonds is 2. The molecule has 96 valence electrons. The summed E-state index contributed by atoms with van der Waals surface area (Å²) in [6.45, 7) is 0. The minimum Gasteiger partial charge on any atom is -0.374 e. The molecule has 0 spiro atoms. The van der Waals surface area contributed by atoms with E-state index in [0.29, 0.717) is 10.9 Å². The molecule has 1 heterocycles. The monoisotopic (exact) mass is 319 g/mol. The number of benzene rings is 2. The molecule has 0 aromatic heterocycles. The van der Waals surface area contributed by atoms with Crippen LogP contribution in [0.15, 0.2) is 46.9 Å². The van der Waals surface area contributed by atoms with E-state index in [9.17, 15) is 9.18 Å². The highest BCUT2D eigenvalue weighted by molar-refractivity contribution is 9.10. The number of Topliss-reactive ketones (excluding diaryl/α,β-unsaturated/α-hetero) is 1. The molecule has 3 rings (SSSR count). The molecule has 0 aliphatic carbocycles. The molecule has 19 heavy (non-hydrogen) atoms. The van der Waals surface area contributed by atoms with E-state index in [4.69, 9.17) is 0 Å². The molecule has 1 aliphatic rings. The summed E-state index contributed by atoms with van der Waals surface area (Å²) in [6, 6.07) is 11.8. The lowest BCUT2D eigenvalue weighted by atomic mass is 10.0. The molecule has 0 saturated heterocycles. The zero-order valence-corrected chi connectivity index (χ0v) is 11.6. The average molecular weight is 320 g/mol. The summed E-state index contributed by atoms with van der Waals surface area (Å²) in [5.74, 6) is -0.694. The predicted octanol–water partition coefficient (Wildman–Crippen LogP) is 3.81. The molecule has 1 aliphatic heterocycles.